The van der Waals surface area contributed by atoms with Crippen LogP contribution in [-0.4, -0.2) is 25.1 Å². The predicted molar refractivity (Wildman–Crippen MR) is 133 cm³/mol. The van der Waals surface area contributed by atoms with Crippen molar-refractivity contribution in [2.75, 3.05) is 0 Å². The van der Waals surface area contributed by atoms with Crippen molar-refractivity contribution >= 4 is 8.32 Å². The van der Waals surface area contributed by atoms with Crippen molar-refractivity contribution in [1.29, 1.82) is 0 Å². The Kier molecular flexibility index (Phi) is 8.30. The molecule has 0 bridgehead atoms. The number of rotatable bonds is 7. The Hall–Kier alpha value is -0.383. The molecule has 3 heteroatoms. The summed E-state index contributed by atoms with van der Waals surface area (Å²) < 4.78 is 7.04. The first kappa shape index (κ1) is 25.9. The van der Waals surface area contributed by atoms with Gasteiger partial charge in [-0.3, -0.25) is 0 Å². The van der Waals surface area contributed by atoms with Gasteiger partial charge in [0.25, 0.3) is 0 Å². The molecule has 0 radical (unpaired) electrons. The Morgan fingerprint density at radius 3 is 2.33 bits per heavy atom. The molecule has 30 heavy (non-hydrogen) atoms. The number of aliphatic hydroxyl groups is 1. The second-order valence-electron chi connectivity index (χ2n) is 12.6. The van der Waals surface area contributed by atoms with Crippen LogP contribution < -0.4 is 0 Å². The standard InChI is InChI=1S/C27H50O2Si/c1-21(15-11-10-12-19-26(5,6)28)22-16-13-17-23-24(18-14-20-27(22,23)7)29-30(8,9)25(2,3)4/h10-12,19,21-24,28H,13-18,20H2,1-9H3/b11-10+,19-12+/t21-,22-,23+,24+,27-/m1/s1. The van der Waals surface area contributed by atoms with E-state index in [-0.39, 0.29) is 5.04 Å². The minimum atomic E-state index is -1.74. The van der Waals surface area contributed by atoms with Crippen LogP contribution in [0.25, 0.3) is 0 Å². The van der Waals surface area contributed by atoms with Crippen LogP contribution in [0, 0.1) is 23.2 Å². The number of fused-ring (bicyclic) bond motifs is 1. The maximum absolute atomic E-state index is 9.82. The Labute approximate surface area is 188 Å². The van der Waals surface area contributed by atoms with Crippen molar-refractivity contribution in [1.82, 2.24) is 0 Å². The van der Waals surface area contributed by atoms with Gasteiger partial charge >= 0.3 is 0 Å². The minimum absolute atomic E-state index is 0.281. The van der Waals surface area contributed by atoms with Crippen LogP contribution in [0.5, 0.6) is 0 Å². The lowest BCUT2D eigenvalue weighted by Gasteiger charge is -2.56. The van der Waals surface area contributed by atoms with Gasteiger partial charge in [0.2, 0.25) is 0 Å². The first-order chi connectivity index (χ1) is 13.7. The monoisotopic (exact) mass is 434 g/mol. The predicted octanol–water partition coefficient (Wildman–Crippen LogP) is 7.89. The first-order valence-electron chi connectivity index (χ1n) is 12.4. The third-order valence-electron chi connectivity index (χ3n) is 8.58. The highest BCUT2D eigenvalue weighted by Crippen LogP contribution is 2.57. The van der Waals surface area contributed by atoms with Gasteiger partial charge in [-0.05, 0) is 87.3 Å². The average Bonchev–Trinajstić information content (AvgIpc) is 2.58. The normalized spacial score (nSPS) is 32.5. The molecule has 1 N–H and O–H groups in total. The molecule has 0 amide bonds. The smallest absolute Gasteiger partial charge is 0.192 e. The van der Waals surface area contributed by atoms with Crippen LogP contribution >= 0.6 is 0 Å². The maximum Gasteiger partial charge on any atom is 0.192 e. The van der Waals surface area contributed by atoms with Crippen LogP contribution in [0.1, 0.15) is 93.4 Å². The summed E-state index contributed by atoms with van der Waals surface area (Å²) in [7, 11) is -1.74. The summed E-state index contributed by atoms with van der Waals surface area (Å²) in [5.74, 6) is 2.20. The molecule has 2 nitrogen and oxygen atoms in total. The van der Waals surface area contributed by atoms with E-state index in [2.05, 4.69) is 59.9 Å². The molecule has 2 aliphatic rings. The third kappa shape index (κ3) is 6.33. The zero-order valence-corrected chi connectivity index (χ0v) is 22.4. The lowest BCUT2D eigenvalue weighted by atomic mass is 9.52. The lowest BCUT2D eigenvalue weighted by Crippen LogP contribution is -2.54. The molecule has 2 saturated carbocycles. The van der Waals surface area contributed by atoms with E-state index in [1.54, 1.807) is 0 Å². The highest BCUT2D eigenvalue weighted by molar-refractivity contribution is 6.74. The van der Waals surface area contributed by atoms with E-state index in [1.807, 2.05) is 26.0 Å². The molecule has 2 aliphatic carbocycles. The van der Waals surface area contributed by atoms with E-state index in [4.69, 9.17) is 4.43 Å². The van der Waals surface area contributed by atoms with E-state index in [0.717, 1.165) is 18.3 Å². The molecule has 2 fully saturated rings. The highest BCUT2D eigenvalue weighted by Gasteiger charge is 2.52. The van der Waals surface area contributed by atoms with Crippen molar-refractivity contribution in [3.8, 4) is 0 Å². The number of allylic oxidation sites excluding steroid dienone is 3. The number of hydrogen-bond acceptors (Lipinski definition) is 2. The van der Waals surface area contributed by atoms with Gasteiger partial charge in [-0.25, -0.2) is 0 Å². The summed E-state index contributed by atoms with van der Waals surface area (Å²) in [4.78, 5) is 0. The molecule has 0 aromatic carbocycles. The Bertz CT molecular complexity index is 607. The zero-order chi connectivity index (χ0) is 22.8. The van der Waals surface area contributed by atoms with Crippen LogP contribution in [-0.2, 0) is 4.43 Å². The van der Waals surface area contributed by atoms with Gasteiger partial charge in [0, 0.05) is 6.10 Å². The van der Waals surface area contributed by atoms with Crippen LogP contribution in [0.2, 0.25) is 18.1 Å². The van der Waals surface area contributed by atoms with Gasteiger partial charge in [0.15, 0.2) is 8.32 Å². The van der Waals surface area contributed by atoms with Gasteiger partial charge in [-0.15, -0.1) is 0 Å². The van der Waals surface area contributed by atoms with Gasteiger partial charge in [-0.2, -0.15) is 0 Å². The molecule has 0 aromatic rings. The quantitative estimate of drug-likeness (QED) is 0.326. The Morgan fingerprint density at radius 1 is 1.07 bits per heavy atom. The molecular formula is C27H50O2Si. The molecule has 0 aliphatic heterocycles. The molecule has 5 atom stereocenters. The second kappa shape index (κ2) is 9.63. The Balaban J connectivity index is 2.09. The van der Waals surface area contributed by atoms with Crippen molar-refractivity contribution < 1.29 is 9.53 Å². The van der Waals surface area contributed by atoms with Crippen molar-refractivity contribution in [2.24, 2.45) is 23.2 Å². The summed E-state index contributed by atoms with van der Waals surface area (Å²) in [5, 5.41) is 10.1. The van der Waals surface area contributed by atoms with Crippen molar-refractivity contribution in [3.05, 3.63) is 24.3 Å². The zero-order valence-electron chi connectivity index (χ0n) is 21.4. The van der Waals surface area contributed by atoms with E-state index in [1.165, 1.54) is 38.5 Å². The molecule has 174 valence electrons. The highest BCUT2D eigenvalue weighted by atomic mass is 28.4. The minimum Gasteiger partial charge on any atom is -0.414 e. The molecule has 0 heterocycles. The first-order valence-corrected chi connectivity index (χ1v) is 15.3. The fourth-order valence-corrected chi connectivity index (χ4v) is 7.21. The van der Waals surface area contributed by atoms with Gasteiger partial charge in [0.1, 0.15) is 0 Å². The second-order valence-corrected chi connectivity index (χ2v) is 17.4. The van der Waals surface area contributed by atoms with E-state index in [9.17, 15) is 5.11 Å². The van der Waals surface area contributed by atoms with E-state index >= 15 is 0 Å². The topological polar surface area (TPSA) is 29.5 Å². The maximum atomic E-state index is 9.82. The largest absolute Gasteiger partial charge is 0.414 e. The molecule has 2 rings (SSSR count). The fraction of sp³-hybridized carbons (Fsp3) is 0.852. The van der Waals surface area contributed by atoms with Crippen LogP contribution in [0.4, 0.5) is 0 Å². The number of hydrogen-bond donors (Lipinski definition) is 1. The summed E-state index contributed by atoms with van der Waals surface area (Å²) in [6.07, 6.45) is 17.9. The SMILES string of the molecule is C[C@H](C/C=C/C=C/C(C)(C)O)[C@H]1CCC[C@H]2[C@@H](O[Si](C)(C)C(C)(C)C)CCC[C@]12C. The molecule has 0 unspecified atom stereocenters. The van der Waals surface area contributed by atoms with Crippen molar-refractivity contribution in [2.45, 2.75) is 123 Å². The Morgan fingerprint density at radius 2 is 1.73 bits per heavy atom. The van der Waals surface area contributed by atoms with Gasteiger partial charge in [-0.1, -0.05) is 71.8 Å². The van der Waals surface area contributed by atoms with Gasteiger partial charge in [0.05, 0.1) is 5.60 Å². The molecule has 0 spiro atoms. The fourth-order valence-electron chi connectivity index (χ4n) is 5.82. The molecular weight excluding hydrogens is 384 g/mol. The van der Waals surface area contributed by atoms with Crippen LogP contribution in [0.3, 0.4) is 0 Å². The summed E-state index contributed by atoms with van der Waals surface area (Å²) in [6.45, 7) is 20.6. The average molecular weight is 435 g/mol. The van der Waals surface area contributed by atoms with E-state index in [0.29, 0.717) is 17.4 Å². The third-order valence-corrected chi connectivity index (χ3v) is 13.1. The van der Waals surface area contributed by atoms with Crippen molar-refractivity contribution in [3.63, 3.8) is 0 Å². The summed E-state index contributed by atoms with van der Waals surface area (Å²) in [6, 6.07) is 0. The van der Waals surface area contributed by atoms with Crippen LogP contribution in [0.15, 0.2) is 24.3 Å². The lowest BCUT2D eigenvalue weighted by molar-refractivity contribution is -0.0862. The molecule has 0 aromatic heterocycles. The summed E-state index contributed by atoms with van der Waals surface area (Å²) >= 11 is 0. The molecule has 0 saturated heterocycles. The van der Waals surface area contributed by atoms with E-state index < -0.39 is 13.9 Å². The summed E-state index contributed by atoms with van der Waals surface area (Å²) in [5.41, 5.74) is -0.318. The van der Waals surface area contributed by atoms with Gasteiger partial charge < -0.3 is 9.53 Å².